The van der Waals surface area contributed by atoms with Crippen LogP contribution in [0.2, 0.25) is 0 Å². The predicted octanol–water partition coefficient (Wildman–Crippen LogP) is 12.5. The van der Waals surface area contributed by atoms with Crippen molar-refractivity contribution in [2.45, 2.75) is 13.8 Å². The van der Waals surface area contributed by atoms with Gasteiger partial charge < -0.3 is 0 Å². The van der Waals surface area contributed by atoms with E-state index >= 15 is 0 Å². The fraction of sp³-hybridized carbons (Fsp3) is 0.0476. The molecule has 0 aliphatic heterocycles. The number of thiazole rings is 2. The van der Waals surface area contributed by atoms with Crippen LogP contribution in [0.1, 0.15) is 11.1 Å². The number of aromatic nitrogens is 2. The molecule has 2 heterocycles. The standard InChI is InChI=1S/C42H28N2S2/c1-25-23-33-34(24-26(25)2)40(28-17-21-30(22-18-28)42-44-36-12-6-8-14-38(36)46-42)32-10-4-3-9-31(32)39(33)27-15-19-29(20-16-27)41-43-35-11-5-7-13-37(35)45-41/h3-24H,1-2H3. The molecule has 0 radical (unpaired) electrons. The van der Waals surface area contributed by atoms with Crippen molar-refractivity contribution in [2.75, 3.05) is 0 Å². The molecule has 0 N–H and O–H groups in total. The number of nitrogens with zero attached hydrogens (tertiary/aromatic N) is 2. The summed E-state index contributed by atoms with van der Waals surface area (Å²) < 4.78 is 2.43. The van der Waals surface area contributed by atoms with Crippen LogP contribution in [-0.2, 0) is 0 Å². The van der Waals surface area contributed by atoms with Gasteiger partial charge in [0.05, 0.1) is 20.4 Å². The highest BCUT2D eigenvalue weighted by Crippen LogP contribution is 2.45. The molecule has 7 aromatic carbocycles. The predicted molar refractivity (Wildman–Crippen MR) is 199 cm³/mol. The highest BCUT2D eigenvalue weighted by molar-refractivity contribution is 7.22. The van der Waals surface area contributed by atoms with Crippen LogP contribution in [0.15, 0.2) is 133 Å². The third kappa shape index (κ3) is 4.45. The van der Waals surface area contributed by atoms with E-state index in [2.05, 4.69) is 147 Å². The second-order valence-corrected chi connectivity index (χ2v) is 14.0. The van der Waals surface area contributed by atoms with Gasteiger partial charge in [0, 0.05) is 11.1 Å². The molecule has 0 bridgehead atoms. The second-order valence-electron chi connectivity index (χ2n) is 11.9. The van der Waals surface area contributed by atoms with E-state index < -0.39 is 0 Å². The number of aryl methyl sites for hydroxylation is 2. The Balaban J connectivity index is 1.21. The van der Waals surface area contributed by atoms with Gasteiger partial charge in [-0.25, -0.2) is 9.97 Å². The summed E-state index contributed by atoms with van der Waals surface area (Å²) in [6.45, 7) is 4.44. The van der Waals surface area contributed by atoms with Crippen molar-refractivity contribution in [2.24, 2.45) is 0 Å². The second kappa shape index (κ2) is 10.7. The molecule has 0 unspecified atom stereocenters. The van der Waals surface area contributed by atoms with Crippen molar-refractivity contribution in [3.05, 3.63) is 145 Å². The minimum Gasteiger partial charge on any atom is -0.236 e. The van der Waals surface area contributed by atoms with E-state index in [1.54, 1.807) is 22.7 Å². The smallest absolute Gasteiger partial charge is 0.124 e. The summed E-state index contributed by atoms with van der Waals surface area (Å²) in [5, 5.41) is 7.18. The summed E-state index contributed by atoms with van der Waals surface area (Å²) in [5.74, 6) is 0. The van der Waals surface area contributed by atoms with Crippen LogP contribution >= 0.6 is 22.7 Å². The van der Waals surface area contributed by atoms with Crippen LogP contribution in [0, 0.1) is 13.8 Å². The Bertz CT molecular complexity index is 2340. The van der Waals surface area contributed by atoms with Crippen molar-refractivity contribution >= 4 is 64.7 Å². The van der Waals surface area contributed by atoms with E-state index in [1.807, 2.05) is 0 Å². The monoisotopic (exact) mass is 624 g/mol. The molecule has 0 aliphatic carbocycles. The fourth-order valence-corrected chi connectivity index (χ4v) is 8.55. The van der Waals surface area contributed by atoms with Crippen LogP contribution in [0.25, 0.3) is 85.4 Å². The number of fused-ring (bicyclic) bond motifs is 4. The van der Waals surface area contributed by atoms with Gasteiger partial charge in [-0.2, -0.15) is 0 Å². The van der Waals surface area contributed by atoms with Crippen molar-refractivity contribution in [1.29, 1.82) is 0 Å². The van der Waals surface area contributed by atoms with Crippen LogP contribution in [0.3, 0.4) is 0 Å². The summed E-state index contributed by atoms with van der Waals surface area (Å²) >= 11 is 3.49. The van der Waals surface area contributed by atoms with Gasteiger partial charge in [-0.1, -0.05) is 109 Å². The maximum absolute atomic E-state index is 4.90. The highest BCUT2D eigenvalue weighted by Gasteiger charge is 2.18. The number of hydrogen-bond donors (Lipinski definition) is 0. The van der Waals surface area contributed by atoms with Gasteiger partial charge in [0.25, 0.3) is 0 Å². The lowest BCUT2D eigenvalue weighted by Crippen LogP contribution is -1.93. The van der Waals surface area contributed by atoms with E-state index in [9.17, 15) is 0 Å². The lowest BCUT2D eigenvalue weighted by atomic mass is 9.84. The number of hydrogen-bond acceptors (Lipinski definition) is 4. The Morgan fingerprint density at radius 3 is 1.17 bits per heavy atom. The maximum Gasteiger partial charge on any atom is 0.124 e. The summed E-state index contributed by atoms with van der Waals surface area (Å²) in [6.07, 6.45) is 0. The van der Waals surface area contributed by atoms with Gasteiger partial charge in [-0.15, -0.1) is 22.7 Å². The average Bonchev–Trinajstić information content (AvgIpc) is 3.73. The lowest BCUT2D eigenvalue weighted by Gasteiger charge is -2.19. The van der Waals surface area contributed by atoms with Crippen LogP contribution in [-0.4, -0.2) is 9.97 Å². The molecule has 46 heavy (non-hydrogen) atoms. The van der Waals surface area contributed by atoms with E-state index in [4.69, 9.17) is 9.97 Å². The molecule has 4 heteroatoms. The Morgan fingerprint density at radius 1 is 0.391 bits per heavy atom. The van der Waals surface area contributed by atoms with E-state index in [1.165, 1.54) is 64.3 Å². The lowest BCUT2D eigenvalue weighted by molar-refractivity contribution is 1.37. The van der Waals surface area contributed by atoms with Crippen molar-refractivity contribution in [3.8, 4) is 43.4 Å². The third-order valence-electron chi connectivity index (χ3n) is 9.07. The molecule has 0 amide bonds. The first-order valence-electron chi connectivity index (χ1n) is 15.5. The molecular formula is C42H28N2S2. The quantitative estimate of drug-likeness (QED) is 0.182. The first-order valence-corrected chi connectivity index (χ1v) is 17.1. The molecule has 9 aromatic rings. The first kappa shape index (κ1) is 27.2. The molecule has 0 aliphatic rings. The zero-order chi connectivity index (χ0) is 30.8. The normalized spacial score (nSPS) is 11.7. The minimum absolute atomic E-state index is 1.05. The molecule has 0 fully saturated rings. The van der Waals surface area contributed by atoms with E-state index in [0.717, 1.165) is 32.2 Å². The Labute approximate surface area is 275 Å². The summed E-state index contributed by atoms with van der Waals surface area (Å²) in [7, 11) is 0. The zero-order valence-electron chi connectivity index (χ0n) is 25.4. The average molecular weight is 625 g/mol. The van der Waals surface area contributed by atoms with Gasteiger partial charge in [0.1, 0.15) is 10.0 Å². The van der Waals surface area contributed by atoms with Gasteiger partial charge >= 0.3 is 0 Å². The Hall–Kier alpha value is -5.16. The molecule has 2 nitrogen and oxygen atoms in total. The maximum atomic E-state index is 4.90. The number of para-hydroxylation sites is 2. The molecule has 0 atom stereocenters. The highest BCUT2D eigenvalue weighted by atomic mass is 32.1. The molecule has 0 saturated carbocycles. The molecule has 9 rings (SSSR count). The topological polar surface area (TPSA) is 25.8 Å². The first-order chi connectivity index (χ1) is 22.6. The molecular weight excluding hydrogens is 597 g/mol. The molecule has 0 saturated heterocycles. The summed E-state index contributed by atoms with van der Waals surface area (Å²) in [6, 6.07) is 48.3. The third-order valence-corrected chi connectivity index (χ3v) is 11.2. The van der Waals surface area contributed by atoms with Crippen molar-refractivity contribution in [1.82, 2.24) is 9.97 Å². The van der Waals surface area contributed by atoms with Crippen LogP contribution < -0.4 is 0 Å². The largest absolute Gasteiger partial charge is 0.236 e. The fourth-order valence-electron chi connectivity index (χ4n) is 6.61. The zero-order valence-corrected chi connectivity index (χ0v) is 27.0. The summed E-state index contributed by atoms with van der Waals surface area (Å²) in [4.78, 5) is 9.81. The molecule has 2 aromatic heterocycles. The minimum atomic E-state index is 1.05. The molecule has 0 spiro atoms. The van der Waals surface area contributed by atoms with Crippen LogP contribution in [0.4, 0.5) is 0 Å². The van der Waals surface area contributed by atoms with Gasteiger partial charge in [0.2, 0.25) is 0 Å². The van der Waals surface area contributed by atoms with Gasteiger partial charge in [-0.05, 0) is 93.0 Å². The molecule has 218 valence electrons. The number of benzene rings is 7. The van der Waals surface area contributed by atoms with Gasteiger partial charge in [0.15, 0.2) is 0 Å². The van der Waals surface area contributed by atoms with Crippen molar-refractivity contribution < 1.29 is 0 Å². The Kier molecular flexibility index (Phi) is 6.34. The van der Waals surface area contributed by atoms with Crippen molar-refractivity contribution in [3.63, 3.8) is 0 Å². The Morgan fingerprint density at radius 2 is 0.761 bits per heavy atom. The number of rotatable bonds is 4. The van der Waals surface area contributed by atoms with Crippen LogP contribution in [0.5, 0.6) is 0 Å². The summed E-state index contributed by atoms with van der Waals surface area (Å²) in [5.41, 5.74) is 12.0. The van der Waals surface area contributed by atoms with E-state index in [-0.39, 0.29) is 0 Å². The van der Waals surface area contributed by atoms with E-state index in [0.29, 0.717) is 0 Å². The van der Waals surface area contributed by atoms with Gasteiger partial charge in [-0.3, -0.25) is 0 Å². The SMILES string of the molecule is Cc1cc2c(-c3ccc(-c4nc5ccccc5s4)cc3)c3ccccc3c(-c3ccc(-c4nc5ccccc5s4)cc3)c2cc1C.